The third-order valence-corrected chi connectivity index (χ3v) is 5.56. The first-order valence-electron chi connectivity index (χ1n) is 8.57. The molecule has 7 heteroatoms. The van der Waals surface area contributed by atoms with Crippen molar-refractivity contribution in [3.8, 4) is 11.1 Å². The zero-order valence-electron chi connectivity index (χ0n) is 15.1. The molecule has 142 valence electrons. The molecule has 0 fully saturated rings. The standard InChI is InChI=1S/C21H16F3N3S/c1-12-7-8-14(9-13(12)2)15-10-28-20-18(15)19(25-11-26-20)27-17-6-4-3-5-16(17)21(22,23)24/h3-11H,1-2H3,(H,25,26,27). The number of nitrogens with zero attached hydrogens (tertiary/aromatic N) is 2. The Balaban J connectivity index is 1.86. The van der Waals surface area contributed by atoms with Crippen molar-refractivity contribution in [1.29, 1.82) is 0 Å². The molecule has 0 atom stereocenters. The number of halogens is 3. The van der Waals surface area contributed by atoms with Crippen molar-refractivity contribution < 1.29 is 13.2 Å². The Morgan fingerprint density at radius 2 is 1.75 bits per heavy atom. The zero-order chi connectivity index (χ0) is 19.9. The fraction of sp³-hybridized carbons (Fsp3) is 0.143. The predicted octanol–water partition coefficient (Wildman–Crippen LogP) is 6.74. The van der Waals surface area contributed by atoms with E-state index in [1.807, 2.05) is 31.4 Å². The Hall–Kier alpha value is -2.93. The number of hydrogen-bond acceptors (Lipinski definition) is 4. The summed E-state index contributed by atoms with van der Waals surface area (Å²) in [5, 5.41) is 5.56. The molecule has 1 N–H and O–H groups in total. The van der Waals surface area contributed by atoms with Crippen molar-refractivity contribution in [2.75, 3.05) is 5.32 Å². The van der Waals surface area contributed by atoms with Gasteiger partial charge >= 0.3 is 6.18 Å². The van der Waals surface area contributed by atoms with E-state index in [9.17, 15) is 13.2 Å². The van der Waals surface area contributed by atoms with Gasteiger partial charge in [0.1, 0.15) is 17.0 Å². The number of rotatable bonds is 3. The Labute approximate surface area is 163 Å². The van der Waals surface area contributed by atoms with Gasteiger partial charge in [0.25, 0.3) is 0 Å². The molecule has 0 spiro atoms. The van der Waals surface area contributed by atoms with Gasteiger partial charge in [0, 0.05) is 10.9 Å². The fourth-order valence-corrected chi connectivity index (χ4v) is 3.97. The number of aromatic nitrogens is 2. The van der Waals surface area contributed by atoms with Crippen LogP contribution >= 0.6 is 11.3 Å². The van der Waals surface area contributed by atoms with Crippen molar-refractivity contribution in [3.63, 3.8) is 0 Å². The van der Waals surface area contributed by atoms with E-state index in [4.69, 9.17) is 0 Å². The SMILES string of the molecule is Cc1ccc(-c2csc3ncnc(Nc4ccccc4C(F)(F)F)c23)cc1C. The van der Waals surface area contributed by atoms with Gasteiger partial charge in [-0.05, 0) is 42.7 Å². The number of fused-ring (bicyclic) bond motifs is 1. The van der Waals surface area contributed by atoms with Crippen molar-refractivity contribution >= 4 is 33.1 Å². The summed E-state index contributed by atoms with van der Waals surface area (Å²) in [6.07, 6.45) is -3.09. The first-order valence-corrected chi connectivity index (χ1v) is 9.45. The first kappa shape index (κ1) is 18.4. The molecule has 0 saturated carbocycles. The normalized spacial score (nSPS) is 11.8. The molecule has 2 heterocycles. The summed E-state index contributed by atoms with van der Waals surface area (Å²) in [7, 11) is 0. The van der Waals surface area contributed by atoms with E-state index >= 15 is 0 Å². The quantitative estimate of drug-likeness (QED) is 0.415. The van der Waals surface area contributed by atoms with Crippen LogP contribution in [0.15, 0.2) is 54.2 Å². The van der Waals surface area contributed by atoms with E-state index in [0.29, 0.717) is 11.2 Å². The summed E-state index contributed by atoms with van der Waals surface area (Å²) < 4.78 is 40.1. The molecule has 0 saturated heterocycles. The average Bonchev–Trinajstić information content (AvgIpc) is 3.09. The second kappa shape index (κ2) is 6.91. The van der Waals surface area contributed by atoms with Crippen molar-refractivity contribution in [3.05, 3.63) is 70.9 Å². The molecule has 4 aromatic rings. The van der Waals surface area contributed by atoms with Gasteiger partial charge in [0.2, 0.25) is 0 Å². The van der Waals surface area contributed by atoms with Crippen LogP contribution in [0.2, 0.25) is 0 Å². The van der Waals surface area contributed by atoms with Crippen molar-refractivity contribution in [2.45, 2.75) is 20.0 Å². The van der Waals surface area contributed by atoms with Gasteiger partial charge in [-0.15, -0.1) is 11.3 Å². The van der Waals surface area contributed by atoms with Gasteiger partial charge < -0.3 is 5.32 Å². The van der Waals surface area contributed by atoms with Gasteiger partial charge in [0.05, 0.1) is 16.6 Å². The number of hydrogen-bond donors (Lipinski definition) is 1. The molecule has 3 nitrogen and oxygen atoms in total. The molecule has 4 rings (SSSR count). The Morgan fingerprint density at radius 3 is 2.50 bits per heavy atom. The number of thiophene rings is 1. The van der Waals surface area contributed by atoms with E-state index in [2.05, 4.69) is 21.4 Å². The summed E-state index contributed by atoms with van der Waals surface area (Å²) >= 11 is 1.44. The topological polar surface area (TPSA) is 37.8 Å². The van der Waals surface area contributed by atoms with Gasteiger partial charge in [-0.2, -0.15) is 13.2 Å². The van der Waals surface area contributed by atoms with Crippen LogP contribution in [-0.4, -0.2) is 9.97 Å². The molecular formula is C21H16F3N3S. The minimum Gasteiger partial charge on any atom is -0.339 e. The monoisotopic (exact) mass is 399 g/mol. The maximum Gasteiger partial charge on any atom is 0.418 e. The van der Waals surface area contributed by atoms with Crippen LogP contribution in [0.5, 0.6) is 0 Å². The molecule has 0 unspecified atom stereocenters. The van der Waals surface area contributed by atoms with Crippen LogP contribution < -0.4 is 5.32 Å². The number of alkyl halides is 3. The lowest BCUT2D eigenvalue weighted by Crippen LogP contribution is -2.09. The highest BCUT2D eigenvalue weighted by molar-refractivity contribution is 7.17. The highest BCUT2D eigenvalue weighted by atomic mass is 32.1. The Bertz CT molecular complexity index is 1170. The third-order valence-electron chi connectivity index (χ3n) is 4.67. The van der Waals surface area contributed by atoms with Gasteiger partial charge in [-0.1, -0.05) is 30.3 Å². The molecule has 0 bridgehead atoms. The van der Waals surface area contributed by atoms with E-state index in [0.717, 1.165) is 27.6 Å². The molecule has 0 aliphatic carbocycles. The number of benzene rings is 2. The van der Waals surface area contributed by atoms with Crippen molar-refractivity contribution in [1.82, 2.24) is 9.97 Å². The van der Waals surface area contributed by atoms with E-state index in [-0.39, 0.29) is 5.69 Å². The Morgan fingerprint density at radius 1 is 0.964 bits per heavy atom. The largest absolute Gasteiger partial charge is 0.418 e. The predicted molar refractivity (Wildman–Crippen MR) is 107 cm³/mol. The molecule has 28 heavy (non-hydrogen) atoms. The van der Waals surface area contributed by atoms with Crippen LogP contribution in [0.4, 0.5) is 24.7 Å². The van der Waals surface area contributed by atoms with Crippen LogP contribution in [0.1, 0.15) is 16.7 Å². The maximum atomic E-state index is 13.4. The maximum absolute atomic E-state index is 13.4. The van der Waals surface area contributed by atoms with Crippen LogP contribution in [-0.2, 0) is 6.18 Å². The highest BCUT2D eigenvalue weighted by Gasteiger charge is 2.33. The summed E-state index contributed by atoms with van der Waals surface area (Å²) in [4.78, 5) is 9.24. The summed E-state index contributed by atoms with van der Waals surface area (Å²) in [6.45, 7) is 4.07. The van der Waals surface area contributed by atoms with Crippen LogP contribution in [0.25, 0.3) is 21.3 Å². The lowest BCUT2D eigenvalue weighted by Gasteiger charge is -2.15. The van der Waals surface area contributed by atoms with E-state index in [1.54, 1.807) is 6.07 Å². The minimum atomic E-state index is -4.46. The smallest absolute Gasteiger partial charge is 0.339 e. The number of para-hydroxylation sites is 1. The number of anilines is 2. The average molecular weight is 399 g/mol. The van der Waals surface area contributed by atoms with Crippen LogP contribution in [0, 0.1) is 13.8 Å². The van der Waals surface area contributed by atoms with Crippen molar-refractivity contribution in [2.24, 2.45) is 0 Å². The molecule has 0 radical (unpaired) electrons. The highest BCUT2D eigenvalue weighted by Crippen LogP contribution is 2.40. The lowest BCUT2D eigenvalue weighted by molar-refractivity contribution is -0.136. The molecule has 0 aliphatic heterocycles. The van der Waals surface area contributed by atoms with Gasteiger partial charge in [-0.3, -0.25) is 0 Å². The van der Waals surface area contributed by atoms with Crippen LogP contribution in [0.3, 0.4) is 0 Å². The minimum absolute atomic E-state index is 0.0350. The number of aryl methyl sites for hydroxylation is 2. The summed E-state index contributed by atoms with van der Waals surface area (Å²) in [6, 6.07) is 11.5. The molecular weight excluding hydrogens is 383 g/mol. The fourth-order valence-electron chi connectivity index (χ4n) is 3.06. The molecule has 0 aliphatic rings. The lowest BCUT2D eigenvalue weighted by atomic mass is 10.0. The third kappa shape index (κ3) is 3.33. The molecule has 0 amide bonds. The van der Waals surface area contributed by atoms with E-state index < -0.39 is 11.7 Å². The second-order valence-corrected chi connectivity index (χ2v) is 7.38. The number of nitrogens with one attached hydrogen (secondary N) is 1. The Kier molecular flexibility index (Phi) is 4.55. The summed E-state index contributed by atoms with van der Waals surface area (Å²) in [5.74, 6) is 0.358. The zero-order valence-corrected chi connectivity index (χ0v) is 15.9. The molecule has 2 aromatic carbocycles. The second-order valence-electron chi connectivity index (χ2n) is 6.52. The molecule has 2 aromatic heterocycles. The first-order chi connectivity index (χ1) is 13.3. The van der Waals surface area contributed by atoms with Gasteiger partial charge in [0.15, 0.2) is 0 Å². The van der Waals surface area contributed by atoms with Gasteiger partial charge in [-0.25, -0.2) is 9.97 Å². The van der Waals surface area contributed by atoms with E-state index in [1.165, 1.54) is 35.4 Å². The summed E-state index contributed by atoms with van der Waals surface area (Å²) in [5.41, 5.74) is 3.44.